The number of rotatable bonds is 9. The molecule has 5 rings (SSSR count). The van der Waals surface area contributed by atoms with Crippen molar-refractivity contribution in [1.82, 2.24) is 0 Å². The standard InChI is InChI=1S/C30H31NO4S/c1-33-23-10-8-22(9-11-23)30-28(26-15-14-25(34-2)20-27(26)36-30)29(32)21-6-12-24(13-7-21)35-19-18-31-16-4-3-5-17-31/h6-15,20H,3-5,16-19H2,1-2H3/p+1. The summed E-state index contributed by atoms with van der Waals surface area (Å²) in [5.41, 5.74) is 2.35. The Morgan fingerprint density at radius 1 is 0.833 bits per heavy atom. The molecular weight excluding hydrogens is 470 g/mol. The topological polar surface area (TPSA) is 49.2 Å². The van der Waals surface area contributed by atoms with Gasteiger partial charge in [-0.3, -0.25) is 4.79 Å². The van der Waals surface area contributed by atoms with Crippen molar-refractivity contribution < 1.29 is 23.9 Å². The number of piperidine rings is 1. The van der Waals surface area contributed by atoms with Crippen LogP contribution in [-0.4, -0.2) is 46.2 Å². The van der Waals surface area contributed by atoms with Gasteiger partial charge in [0, 0.05) is 26.1 Å². The zero-order valence-corrected chi connectivity index (χ0v) is 21.7. The van der Waals surface area contributed by atoms with E-state index in [9.17, 15) is 4.79 Å². The van der Waals surface area contributed by atoms with E-state index in [0.717, 1.165) is 44.3 Å². The fourth-order valence-electron chi connectivity index (χ4n) is 4.84. The zero-order valence-electron chi connectivity index (χ0n) is 20.8. The minimum Gasteiger partial charge on any atom is -0.497 e. The Hall–Kier alpha value is -3.35. The summed E-state index contributed by atoms with van der Waals surface area (Å²) in [5.74, 6) is 2.36. The minimum atomic E-state index is 0.00143. The average molecular weight is 503 g/mol. The quantitative estimate of drug-likeness (QED) is 0.317. The molecule has 0 saturated carbocycles. The number of hydrogen-bond donors (Lipinski definition) is 1. The second kappa shape index (κ2) is 11.1. The van der Waals surface area contributed by atoms with Gasteiger partial charge in [0.2, 0.25) is 0 Å². The second-order valence-electron chi connectivity index (χ2n) is 9.16. The van der Waals surface area contributed by atoms with E-state index in [1.54, 1.807) is 30.5 Å². The van der Waals surface area contributed by atoms with Crippen molar-refractivity contribution in [3.8, 4) is 27.7 Å². The predicted molar refractivity (Wildman–Crippen MR) is 145 cm³/mol. The number of nitrogens with one attached hydrogen (secondary N) is 1. The summed E-state index contributed by atoms with van der Waals surface area (Å²) in [6, 6.07) is 21.3. The lowest BCUT2D eigenvalue weighted by molar-refractivity contribution is -0.904. The third-order valence-electron chi connectivity index (χ3n) is 6.88. The lowest BCUT2D eigenvalue weighted by Gasteiger charge is -2.23. The number of ether oxygens (including phenoxy) is 3. The second-order valence-corrected chi connectivity index (χ2v) is 10.2. The van der Waals surface area contributed by atoms with Crippen LogP contribution in [-0.2, 0) is 0 Å². The molecule has 1 aromatic heterocycles. The van der Waals surface area contributed by atoms with Crippen molar-refractivity contribution in [2.75, 3.05) is 40.5 Å². The molecule has 5 nitrogen and oxygen atoms in total. The van der Waals surface area contributed by atoms with Crippen LogP contribution in [0.5, 0.6) is 17.2 Å². The van der Waals surface area contributed by atoms with Gasteiger partial charge in [-0.1, -0.05) is 0 Å². The number of ketones is 1. The van der Waals surface area contributed by atoms with E-state index in [0.29, 0.717) is 17.7 Å². The van der Waals surface area contributed by atoms with Gasteiger partial charge < -0.3 is 19.1 Å². The molecule has 1 N–H and O–H groups in total. The summed E-state index contributed by atoms with van der Waals surface area (Å²) >= 11 is 1.60. The Kier molecular flexibility index (Phi) is 7.54. The smallest absolute Gasteiger partial charge is 0.195 e. The summed E-state index contributed by atoms with van der Waals surface area (Å²) < 4.78 is 17.8. The average Bonchev–Trinajstić information content (AvgIpc) is 3.32. The van der Waals surface area contributed by atoms with Crippen LogP contribution in [0.2, 0.25) is 0 Å². The van der Waals surface area contributed by atoms with Gasteiger partial charge in [0.1, 0.15) is 30.4 Å². The Bertz CT molecular complexity index is 1320. The molecule has 0 bridgehead atoms. The maximum atomic E-state index is 13.8. The third kappa shape index (κ3) is 5.25. The van der Waals surface area contributed by atoms with Gasteiger partial charge >= 0.3 is 0 Å². The van der Waals surface area contributed by atoms with Gasteiger partial charge in [-0.05, 0) is 91.6 Å². The summed E-state index contributed by atoms with van der Waals surface area (Å²) in [4.78, 5) is 16.4. The van der Waals surface area contributed by atoms with Crippen molar-refractivity contribution in [2.24, 2.45) is 0 Å². The number of carbonyl (C=O) groups excluding carboxylic acids is 1. The maximum Gasteiger partial charge on any atom is 0.195 e. The molecule has 4 aromatic rings. The lowest BCUT2D eigenvalue weighted by atomic mass is 9.97. The molecule has 1 aliphatic heterocycles. The maximum absolute atomic E-state index is 13.8. The van der Waals surface area contributed by atoms with Crippen molar-refractivity contribution in [3.63, 3.8) is 0 Å². The van der Waals surface area contributed by atoms with Crippen LogP contribution in [0.25, 0.3) is 20.5 Å². The minimum absolute atomic E-state index is 0.00143. The molecule has 3 aromatic carbocycles. The van der Waals surface area contributed by atoms with Gasteiger partial charge in [-0.25, -0.2) is 0 Å². The Labute approximate surface area is 216 Å². The van der Waals surface area contributed by atoms with Crippen molar-refractivity contribution in [1.29, 1.82) is 0 Å². The summed E-state index contributed by atoms with van der Waals surface area (Å²) in [5, 5.41) is 0.932. The van der Waals surface area contributed by atoms with Gasteiger partial charge in [0.05, 0.1) is 27.3 Å². The molecule has 0 unspecified atom stereocenters. The molecule has 0 radical (unpaired) electrons. The first kappa shape index (κ1) is 24.3. The van der Waals surface area contributed by atoms with E-state index in [1.807, 2.05) is 66.7 Å². The largest absolute Gasteiger partial charge is 0.497 e. The molecule has 1 fully saturated rings. The molecule has 2 heterocycles. The van der Waals surface area contributed by atoms with E-state index in [-0.39, 0.29) is 5.78 Å². The number of benzene rings is 3. The van der Waals surface area contributed by atoms with Gasteiger partial charge in [-0.15, -0.1) is 11.3 Å². The highest BCUT2D eigenvalue weighted by Gasteiger charge is 2.22. The van der Waals surface area contributed by atoms with Crippen molar-refractivity contribution in [2.45, 2.75) is 19.3 Å². The van der Waals surface area contributed by atoms with Crippen LogP contribution in [0.3, 0.4) is 0 Å². The number of thiophene rings is 1. The van der Waals surface area contributed by atoms with E-state index in [4.69, 9.17) is 14.2 Å². The molecule has 0 amide bonds. The Morgan fingerprint density at radius 3 is 2.19 bits per heavy atom. The molecule has 36 heavy (non-hydrogen) atoms. The highest BCUT2D eigenvalue weighted by atomic mass is 32.1. The number of methoxy groups -OCH3 is 2. The van der Waals surface area contributed by atoms with Crippen LogP contribution in [0, 0.1) is 0 Å². The Balaban J connectivity index is 1.40. The first-order valence-electron chi connectivity index (χ1n) is 12.5. The SMILES string of the molecule is COc1ccc(-c2sc3cc(OC)ccc3c2C(=O)c2ccc(OCC[NH+]3CCCCC3)cc2)cc1. The lowest BCUT2D eigenvalue weighted by Crippen LogP contribution is -3.13. The van der Waals surface area contributed by atoms with E-state index < -0.39 is 0 Å². The molecule has 0 aliphatic carbocycles. The number of fused-ring (bicyclic) bond motifs is 1. The fraction of sp³-hybridized carbons (Fsp3) is 0.300. The summed E-state index contributed by atoms with van der Waals surface area (Å²) in [7, 11) is 3.31. The molecule has 1 saturated heterocycles. The summed E-state index contributed by atoms with van der Waals surface area (Å²) in [6.45, 7) is 4.21. The fourth-order valence-corrected chi connectivity index (χ4v) is 6.07. The molecule has 6 heteroatoms. The van der Waals surface area contributed by atoms with Crippen LogP contribution in [0.1, 0.15) is 35.2 Å². The molecule has 186 valence electrons. The van der Waals surface area contributed by atoms with Gasteiger partial charge in [-0.2, -0.15) is 0 Å². The van der Waals surface area contributed by atoms with Crippen LogP contribution >= 0.6 is 11.3 Å². The predicted octanol–water partition coefficient (Wildman–Crippen LogP) is 5.26. The van der Waals surface area contributed by atoms with Crippen LogP contribution < -0.4 is 19.1 Å². The highest BCUT2D eigenvalue weighted by Crippen LogP contribution is 2.41. The normalized spacial score (nSPS) is 14.1. The number of quaternary nitrogens is 1. The number of likely N-dealkylation sites (tertiary alicyclic amines) is 1. The zero-order chi connectivity index (χ0) is 24.9. The molecular formula is C30H32NO4S+. The van der Waals surface area contributed by atoms with E-state index >= 15 is 0 Å². The molecule has 0 spiro atoms. The van der Waals surface area contributed by atoms with Crippen molar-refractivity contribution >= 4 is 27.2 Å². The highest BCUT2D eigenvalue weighted by molar-refractivity contribution is 7.22. The Morgan fingerprint density at radius 2 is 1.50 bits per heavy atom. The van der Waals surface area contributed by atoms with Crippen molar-refractivity contribution in [3.05, 3.63) is 77.9 Å². The summed E-state index contributed by atoms with van der Waals surface area (Å²) in [6.07, 6.45) is 3.98. The van der Waals surface area contributed by atoms with Gasteiger partial charge in [0.15, 0.2) is 5.78 Å². The first-order valence-corrected chi connectivity index (χ1v) is 13.3. The van der Waals surface area contributed by atoms with E-state index in [2.05, 4.69) is 0 Å². The van der Waals surface area contributed by atoms with Crippen LogP contribution in [0.4, 0.5) is 0 Å². The van der Waals surface area contributed by atoms with Gasteiger partial charge in [0.25, 0.3) is 0 Å². The number of hydrogen-bond acceptors (Lipinski definition) is 5. The third-order valence-corrected chi connectivity index (χ3v) is 8.08. The monoisotopic (exact) mass is 502 g/mol. The van der Waals surface area contributed by atoms with E-state index in [1.165, 1.54) is 32.4 Å². The van der Waals surface area contributed by atoms with Crippen LogP contribution in [0.15, 0.2) is 66.7 Å². The molecule has 1 aliphatic rings. The number of carbonyl (C=O) groups is 1. The first-order chi connectivity index (χ1) is 17.7. The molecule has 0 atom stereocenters.